The van der Waals surface area contributed by atoms with Crippen LogP contribution in [0.15, 0.2) is 18.2 Å². The van der Waals surface area contributed by atoms with Crippen molar-refractivity contribution in [1.82, 2.24) is 5.32 Å². The average Bonchev–Trinajstić information content (AvgIpc) is 2.58. The van der Waals surface area contributed by atoms with Gasteiger partial charge in [-0.2, -0.15) is 0 Å². The van der Waals surface area contributed by atoms with Gasteiger partial charge in [-0.05, 0) is 16.6 Å². The summed E-state index contributed by atoms with van der Waals surface area (Å²) in [6.07, 6.45) is 0. The third-order valence-electron chi connectivity index (χ3n) is 2.49. The summed E-state index contributed by atoms with van der Waals surface area (Å²) >= 11 is 0. The first-order valence-corrected chi connectivity index (χ1v) is 4.83. The summed E-state index contributed by atoms with van der Waals surface area (Å²) in [6.45, 7) is 2.37. The molecule has 0 atom stereocenters. The molecule has 0 fully saturated rings. The third kappa shape index (κ3) is 2.03. The molecule has 2 rings (SSSR count). The van der Waals surface area contributed by atoms with Gasteiger partial charge in [0.25, 0.3) is 0 Å². The molecule has 1 aromatic rings. The largest absolute Gasteiger partial charge is 0.491 e. The van der Waals surface area contributed by atoms with E-state index < -0.39 is 7.12 Å². The van der Waals surface area contributed by atoms with Crippen LogP contribution in [0.5, 0.6) is 0 Å². The van der Waals surface area contributed by atoms with Gasteiger partial charge in [-0.25, -0.2) is 0 Å². The zero-order valence-electron chi connectivity index (χ0n) is 8.49. The maximum absolute atomic E-state index is 10.8. The van der Waals surface area contributed by atoms with Crippen LogP contribution in [-0.2, 0) is 22.6 Å². The lowest BCUT2D eigenvalue weighted by molar-refractivity contribution is -0.119. The van der Waals surface area contributed by atoms with E-state index in [4.69, 9.17) is 4.65 Å². The van der Waals surface area contributed by atoms with Crippen LogP contribution in [0.2, 0.25) is 0 Å². The fourth-order valence-corrected chi connectivity index (χ4v) is 1.70. The molecule has 0 saturated carbocycles. The quantitative estimate of drug-likeness (QED) is 0.642. The van der Waals surface area contributed by atoms with Gasteiger partial charge in [0.2, 0.25) is 5.91 Å². The molecule has 0 unspecified atom stereocenters. The maximum Gasteiger partial charge on any atom is 0.491 e. The van der Waals surface area contributed by atoms with Gasteiger partial charge in [0, 0.05) is 13.5 Å². The number of fused-ring (bicyclic) bond motifs is 1. The van der Waals surface area contributed by atoms with Gasteiger partial charge in [-0.1, -0.05) is 18.2 Å². The molecule has 0 radical (unpaired) electrons. The van der Waals surface area contributed by atoms with Crippen molar-refractivity contribution < 1.29 is 14.5 Å². The van der Waals surface area contributed by atoms with Gasteiger partial charge in [0.1, 0.15) is 0 Å². The lowest BCUT2D eigenvalue weighted by Crippen LogP contribution is -2.29. The van der Waals surface area contributed by atoms with E-state index in [9.17, 15) is 9.82 Å². The van der Waals surface area contributed by atoms with Gasteiger partial charge >= 0.3 is 7.12 Å². The van der Waals surface area contributed by atoms with Gasteiger partial charge in [-0.3, -0.25) is 4.79 Å². The highest BCUT2D eigenvalue weighted by Gasteiger charge is 2.28. The first kappa shape index (κ1) is 10.2. The Morgan fingerprint density at radius 1 is 1.67 bits per heavy atom. The topological polar surface area (TPSA) is 58.6 Å². The summed E-state index contributed by atoms with van der Waals surface area (Å²) in [5.74, 6) is -0.0629. The van der Waals surface area contributed by atoms with Crippen LogP contribution in [-0.4, -0.2) is 18.0 Å². The maximum atomic E-state index is 10.8. The molecule has 15 heavy (non-hydrogen) atoms. The summed E-state index contributed by atoms with van der Waals surface area (Å²) in [7, 11) is -0.822. The van der Waals surface area contributed by atoms with Crippen molar-refractivity contribution >= 4 is 18.5 Å². The zero-order chi connectivity index (χ0) is 10.8. The fourth-order valence-electron chi connectivity index (χ4n) is 1.70. The van der Waals surface area contributed by atoms with E-state index >= 15 is 0 Å². The van der Waals surface area contributed by atoms with Crippen LogP contribution >= 0.6 is 0 Å². The third-order valence-corrected chi connectivity index (χ3v) is 2.49. The number of hydrogen-bond acceptors (Lipinski definition) is 3. The minimum Gasteiger partial charge on any atom is -0.423 e. The fraction of sp³-hybridized carbons (Fsp3) is 0.300. The molecule has 1 aromatic carbocycles. The normalized spacial score (nSPS) is 13.9. The van der Waals surface area contributed by atoms with E-state index in [0.717, 1.165) is 16.6 Å². The zero-order valence-corrected chi connectivity index (χ0v) is 8.49. The van der Waals surface area contributed by atoms with Crippen molar-refractivity contribution in [3.05, 3.63) is 29.3 Å². The van der Waals surface area contributed by atoms with Crippen LogP contribution in [0.3, 0.4) is 0 Å². The summed E-state index contributed by atoms with van der Waals surface area (Å²) in [5, 5.41) is 12.2. The Morgan fingerprint density at radius 2 is 2.47 bits per heavy atom. The highest BCUT2D eigenvalue weighted by molar-refractivity contribution is 6.61. The van der Waals surface area contributed by atoms with E-state index in [1.807, 2.05) is 18.2 Å². The van der Waals surface area contributed by atoms with Crippen LogP contribution in [0.1, 0.15) is 18.1 Å². The van der Waals surface area contributed by atoms with E-state index in [1.165, 1.54) is 6.92 Å². The number of hydrogen-bond donors (Lipinski definition) is 2. The van der Waals surface area contributed by atoms with Crippen LogP contribution in [0, 0.1) is 0 Å². The van der Waals surface area contributed by atoms with Crippen molar-refractivity contribution in [3.63, 3.8) is 0 Å². The number of rotatable bonds is 2. The van der Waals surface area contributed by atoms with Crippen molar-refractivity contribution in [1.29, 1.82) is 0 Å². The molecule has 1 aliphatic rings. The van der Waals surface area contributed by atoms with Gasteiger partial charge in [-0.15, -0.1) is 0 Å². The Morgan fingerprint density at radius 3 is 3.20 bits per heavy atom. The molecule has 5 heteroatoms. The van der Waals surface area contributed by atoms with E-state index in [0.29, 0.717) is 13.2 Å². The van der Waals surface area contributed by atoms with Crippen LogP contribution in [0.25, 0.3) is 0 Å². The molecule has 0 spiro atoms. The molecular weight excluding hydrogens is 193 g/mol. The Balaban J connectivity index is 2.22. The van der Waals surface area contributed by atoms with E-state index in [2.05, 4.69) is 5.32 Å². The minimum atomic E-state index is -0.822. The van der Waals surface area contributed by atoms with Crippen LogP contribution < -0.4 is 10.8 Å². The summed E-state index contributed by atoms with van der Waals surface area (Å²) in [4.78, 5) is 10.8. The molecule has 0 aliphatic carbocycles. The number of nitrogens with one attached hydrogen (secondary N) is 1. The van der Waals surface area contributed by atoms with Crippen molar-refractivity contribution in [2.75, 3.05) is 0 Å². The van der Waals surface area contributed by atoms with Crippen molar-refractivity contribution in [2.24, 2.45) is 0 Å². The number of carbonyl (C=O) groups is 1. The molecule has 0 bridgehead atoms. The minimum absolute atomic E-state index is 0.0629. The monoisotopic (exact) mass is 205 g/mol. The number of amides is 1. The molecule has 1 heterocycles. The lowest BCUT2D eigenvalue weighted by atomic mass is 9.78. The van der Waals surface area contributed by atoms with E-state index in [-0.39, 0.29) is 5.91 Å². The standard InChI is InChI=1S/C10H12BNO3/c1-7(13)12-5-8-3-2-4-10-9(8)6-15-11(10)14/h2-4,14H,5-6H2,1H3,(H,12,13). The number of benzene rings is 1. The highest BCUT2D eigenvalue weighted by atomic mass is 16.5. The molecule has 1 aliphatic heterocycles. The van der Waals surface area contributed by atoms with Crippen molar-refractivity contribution in [3.8, 4) is 0 Å². The summed E-state index contributed by atoms with van der Waals surface area (Å²) in [5.41, 5.74) is 2.79. The summed E-state index contributed by atoms with van der Waals surface area (Å²) < 4.78 is 5.11. The second-order valence-electron chi connectivity index (χ2n) is 3.56. The SMILES string of the molecule is CC(=O)NCc1cccc2c1COB2O. The molecule has 2 N–H and O–H groups in total. The Kier molecular flexibility index (Phi) is 2.75. The average molecular weight is 205 g/mol. The van der Waals surface area contributed by atoms with Gasteiger partial charge in [0.05, 0.1) is 6.61 Å². The highest BCUT2D eigenvalue weighted by Crippen LogP contribution is 2.14. The van der Waals surface area contributed by atoms with Crippen LogP contribution in [0.4, 0.5) is 0 Å². The van der Waals surface area contributed by atoms with E-state index in [1.54, 1.807) is 0 Å². The second-order valence-corrected chi connectivity index (χ2v) is 3.56. The molecule has 1 amide bonds. The first-order chi connectivity index (χ1) is 7.18. The molecule has 0 aromatic heterocycles. The molecule has 78 valence electrons. The Bertz CT molecular complexity index is 394. The molecule has 4 nitrogen and oxygen atoms in total. The second kappa shape index (κ2) is 4.04. The summed E-state index contributed by atoms with van der Waals surface area (Å²) in [6, 6.07) is 5.62. The smallest absolute Gasteiger partial charge is 0.423 e. The van der Waals surface area contributed by atoms with Crippen molar-refractivity contribution in [2.45, 2.75) is 20.1 Å². The number of carbonyl (C=O) groups excluding carboxylic acids is 1. The molecular formula is C10H12BNO3. The lowest BCUT2D eigenvalue weighted by Gasteiger charge is -2.07. The first-order valence-electron chi connectivity index (χ1n) is 4.83. The Hall–Kier alpha value is -1.33. The predicted molar refractivity (Wildman–Crippen MR) is 56.4 cm³/mol. The molecule has 0 saturated heterocycles. The predicted octanol–water partition coefficient (Wildman–Crippen LogP) is -0.460. The van der Waals surface area contributed by atoms with Gasteiger partial charge in [0.15, 0.2) is 0 Å². The van der Waals surface area contributed by atoms with Gasteiger partial charge < -0.3 is 15.0 Å². The Labute approximate surface area is 88.4 Å².